The molecule has 14 heteroatoms. The lowest BCUT2D eigenvalue weighted by Gasteiger charge is -2.46. The van der Waals surface area contributed by atoms with E-state index >= 15 is 0 Å². The van der Waals surface area contributed by atoms with Crippen LogP contribution in [0.2, 0.25) is 0 Å². The van der Waals surface area contributed by atoms with E-state index in [9.17, 15) is 45.6 Å². The van der Waals surface area contributed by atoms with Crippen LogP contribution >= 0.6 is 0 Å². The molecule has 0 aromatic rings. The number of allylic oxidation sites excluding steroid dienone is 19. The lowest BCUT2D eigenvalue weighted by Crippen LogP contribution is -2.65. The maximum Gasteiger partial charge on any atom is 0.220 e. The Morgan fingerprint density at radius 2 is 0.909 bits per heavy atom. The highest BCUT2D eigenvalue weighted by Crippen LogP contribution is 2.30. The predicted octanol–water partition coefficient (Wildman–Crippen LogP) is 9.83. The van der Waals surface area contributed by atoms with Gasteiger partial charge >= 0.3 is 0 Å². The highest BCUT2D eigenvalue weighted by atomic mass is 16.7. The van der Waals surface area contributed by atoms with Gasteiger partial charge in [-0.25, -0.2) is 0 Å². The standard InChI is InChI=1S/C63H103NO13/c1-3-5-7-9-11-13-15-17-19-21-22-23-24-25-26-27-28-29-30-31-33-35-37-39-41-43-45-47-55(68)64-51(52(67)46-44-42-40-38-36-34-32-20-18-16-14-12-10-8-6-4-2)50-74-62-60(73)58(71)61(54(49-66)76-62)77-63-59(72)57(70)56(69)53(48-65)75-63/h5,7,11,13,17-20,22-23,25-26,28-29,31,33,36,38,44,46,51-54,56-63,65-67,69-73H,3-4,6,8-10,12,14-16,21,24,27,30,32,34-35,37,39-43,45,47-50H2,1-2H3,(H,64,68)/b7-5-,13-11-,19-17-,20-18+,23-22-,26-25-,29-28-,33-31-,38-36+,46-44+. The third kappa shape index (κ3) is 32.9. The van der Waals surface area contributed by atoms with E-state index in [0.29, 0.717) is 12.8 Å². The van der Waals surface area contributed by atoms with Crippen molar-refractivity contribution in [2.45, 2.75) is 248 Å². The van der Waals surface area contributed by atoms with E-state index in [4.69, 9.17) is 18.9 Å². The molecule has 0 aliphatic carbocycles. The van der Waals surface area contributed by atoms with Gasteiger partial charge in [-0.05, 0) is 103 Å². The lowest BCUT2D eigenvalue weighted by molar-refractivity contribution is -0.359. The van der Waals surface area contributed by atoms with Crippen LogP contribution in [0.5, 0.6) is 0 Å². The van der Waals surface area contributed by atoms with Gasteiger partial charge in [-0.2, -0.15) is 0 Å². The Balaban J connectivity index is 1.79. The van der Waals surface area contributed by atoms with Gasteiger partial charge in [-0.1, -0.05) is 187 Å². The Morgan fingerprint density at radius 3 is 1.43 bits per heavy atom. The van der Waals surface area contributed by atoms with E-state index in [0.717, 1.165) is 103 Å². The van der Waals surface area contributed by atoms with Crippen molar-refractivity contribution in [1.29, 1.82) is 0 Å². The molecule has 9 N–H and O–H groups in total. The van der Waals surface area contributed by atoms with E-state index in [-0.39, 0.29) is 18.9 Å². The minimum atomic E-state index is -1.80. The summed E-state index contributed by atoms with van der Waals surface area (Å²) in [6, 6.07) is -0.958. The monoisotopic (exact) mass is 1080 g/mol. The largest absolute Gasteiger partial charge is 0.394 e. The highest BCUT2D eigenvalue weighted by molar-refractivity contribution is 5.76. The summed E-state index contributed by atoms with van der Waals surface area (Å²) in [5, 5.41) is 87.0. The van der Waals surface area contributed by atoms with Gasteiger partial charge in [0.1, 0.15) is 48.8 Å². The number of aliphatic hydroxyl groups excluding tert-OH is 8. The first-order chi connectivity index (χ1) is 37.6. The van der Waals surface area contributed by atoms with Crippen LogP contribution in [0.1, 0.15) is 174 Å². The first-order valence-corrected chi connectivity index (χ1v) is 29.3. The smallest absolute Gasteiger partial charge is 0.220 e. The number of aliphatic hydroxyl groups is 8. The van der Waals surface area contributed by atoms with E-state index in [1.165, 1.54) is 38.5 Å². The summed E-state index contributed by atoms with van der Waals surface area (Å²) in [6.07, 6.45) is 50.9. The Morgan fingerprint density at radius 1 is 0.481 bits per heavy atom. The number of hydrogen-bond acceptors (Lipinski definition) is 13. The van der Waals surface area contributed by atoms with Gasteiger partial charge < -0.3 is 65.1 Å². The van der Waals surface area contributed by atoms with Crippen LogP contribution in [0.3, 0.4) is 0 Å². The SMILES string of the molecule is CC/C=C\C/C=C\C/C=C\C/C=C\C/C=C\C/C=C\C/C=C\CCCCCCCC(=O)NC(COC1OC(CO)C(OC2OC(CO)C(O)C(O)C2O)C(O)C1O)C(O)/C=C/CC/C=C/CC/C=C/CCCCCCCC. The summed E-state index contributed by atoms with van der Waals surface area (Å²) >= 11 is 0. The van der Waals surface area contributed by atoms with Crippen molar-refractivity contribution in [2.75, 3.05) is 19.8 Å². The Kier molecular flexibility index (Phi) is 42.6. The minimum Gasteiger partial charge on any atom is -0.394 e. The van der Waals surface area contributed by atoms with Gasteiger partial charge in [0.15, 0.2) is 12.6 Å². The van der Waals surface area contributed by atoms with Gasteiger partial charge in [0.2, 0.25) is 5.91 Å². The molecule has 2 aliphatic heterocycles. The topological polar surface area (TPSA) is 228 Å². The lowest BCUT2D eigenvalue weighted by atomic mass is 9.97. The van der Waals surface area contributed by atoms with Crippen LogP contribution in [0, 0.1) is 0 Å². The Hall–Kier alpha value is -3.61. The van der Waals surface area contributed by atoms with Gasteiger partial charge in [0, 0.05) is 6.42 Å². The number of carbonyl (C=O) groups is 1. The van der Waals surface area contributed by atoms with E-state index in [1.807, 2.05) is 6.08 Å². The molecule has 0 bridgehead atoms. The molecule has 2 rings (SSSR count). The molecule has 0 aromatic carbocycles. The third-order valence-corrected chi connectivity index (χ3v) is 13.4. The fourth-order valence-electron chi connectivity index (χ4n) is 8.65. The summed E-state index contributed by atoms with van der Waals surface area (Å²) in [5.41, 5.74) is 0. The molecule has 2 fully saturated rings. The van der Waals surface area contributed by atoms with Crippen LogP contribution in [0.25, 0.3) is 0 Å². The zero-order valence-corrected chi connectivity index (χ0v) is 46.9. The van der Waals surface area contributed by atoms with Crippen molar-refractivity contribution in [1.82, 2.24) is 5.32 Å². The number of amides is 1. The van der Waals surface area contributed by atoms with Crippen molar-refractivity contribution < 1.29 is 64.6 Å². The average molecular weight is 1080 g/mol. The van der Waals surface area contributed by atoms with Crippen molar-refractivity contribution in [2.24, 2.45) is 0 Å². The van der Waals surface area contributed by atoms with Crippen LogP contribution < -0.4 is 5.32 Å². The molecule has 12 unspecified atom stereocenters. The van der Waals surface area contributed by atoms with Gasteiger partial charge in [0.05, 0.1) is 32.0 Å². The summed E-state index contributed by atoms with van der Waals surface area (Å²) in [4.78, 5) is 13.2. The zero-order chi connectivity index (χ0) is 56.0. The normalized spacial score (nSPS) is 25.6. The van der Waals surface area contributed by atoms with E-state index < -0.39 is 86.8 Å². The summed E-state index contributed by atoms with van der Waals surface area (Å²) in [6.45, 7) is 2.61. The molecule has 1 amide bonds. The van der Waals surface area contributed by atoms with E-state index in [2.05, 4.69) is 129 Å². The van der Waals surface area contributed by atoms with E-state index in [1.54, 1.807) is 6.08 Å². The minimum absolute atomic E-state index is 0.239. The fourth-order valence-corrected chi connectivity index (χ4v) is 8.65. The molecular weight excluding hydrogens is 979 g/mol. The molecule has 0 aromatic heterocycles. The molecule has 0 spiro atoms. The molecule has 14 nitrogen and oxygen atoms in total. The number of ether oxygens (including phenoxy) is 4. The molecular formula is C63H103NO13. The van der Waals surface area contributed by atoms with Crippen molar-refractivity contribution in [3.05, 3.63) is 122 Å². The average Bonchev–Trinajstić information content (AvgIpc) is 3.43. The number of unbranched alkanes of at least 4 members (excludes halogenated alkanes) is 13. The summed E-state index contributed by atoms with van der Waals surface area (Å²) in [7, 11) is 0. The van der Waals surface area contributed by atoms with Gasteiger partial charge in [0.25, 0.3) is 0 Å². The Bertz CT molecular complexity index is 1750. The number of hydrogen-bond donors (Lipinski definition) is 9. The number of nitrogens with one attached hydrogen (secondary N) is 1. The second-order valence-corrected chi connectivity index (χ2v) is 20.0. The van der Waals surface area contributed by atoms with Crippen LogP contribution in [-0.4, -0.2) is 140 Å². The molecule has 438 valence electrons. The molecule has 2 heterocycles. The van der Waals surface area contributed by atoms with Gasteiger partial charge in [-0.3, -0.25) is 4.79 Å². The van der Waals surface area contributed by atoms with Crippen molar-refractivity contribution in [3.8, 4) is 0 Å². The van der Waals surface area contributed by atoms with Crippen LogP contribution in [-0.2, 0) is 23.7 Å². The molecule has 77 heavy (non-hydrogen) atoms. The second kappa shape index (κ2) is 47.2. The molecule has 2 aliphatic rings. The fraction of sp³-hybridized carbons (Fsp3) is 0.667. The van der Waals surface area contributed by atoms with Crippen molar-refractivity contribution >= 4 is 5.91 Å². The molecule has 0 radical (unpaired) electrons. The molecule has 2 saturated heterocycles. The first-order valence-electron chi connectivity index (χ1n) is 29.3. The maximum absolute atomic E-state index is 13.2. The molecule has 0 saturated carbocycles. The summed E-state index contributed by atoms with van der Waals surface area (Å²) < 4.78 is 22.7. The third-order valence-electron chi connectivity index (χ3n) is 13.4. The molecule has 12 atom stereocenters. The number of carbonyl (C=O) groups excluding carboxylic acids is 1. The van der Waals surface area contributed by atoms with Crippen molar-refractivity contribution in [3.63, 3.8) is 0 Å². The number of rotatable bonds is 44. The first kappa shape index (κ1) is 69.5. The quantitative estimate of drug-likeness (QED) is 0.0205. The predicted molar refractivity (Wildman–Crippen MR) is 308 cm³/mol. The highest BCUT2D eigenvalue weighted by Gasteiger charge is 2.51. The summed E-state index contributed by atoms with van der Waals surface area (Å²) in [5.74, 6) is -0.279. The second-order valence-electron chi connectivity index (χ2n) is 20.0. The zero-order valence-electron chi connectivity index (χ0n) is 46.9. The maximum atomic E-state index is 13.2. The van der Waals surface area contributed by atoms with Gasteiger partial charge in [-0.15, -0.1) is 0 Å². The van der Waals surface area contributed by atoms with Crippen LogP contribution in [0.4, 0.5) is 0 Å². The van der Waals surface area contributed by atoms with Crippen LogP contribution in [0.15, 0.2) is 122 Å². The Labute approximate surface area is 463 Å².